The normalized spacial score (nSPS) is 13.4. The molecular weight excluding hydrogens is 364 g/mol. The lowest BCUT2D eigenvalue weighted by Crippen LogP contribution is -2.19. The van der Waals surface area contributed by atoms with Crippen LogP contribution in [0.1, 0.15) is 75.3 Å². The van der Waals surface area contributed by atoms with Crippen molar-refractivity contribution in [2.75, 3.05) is 5.32 Å². The van der Waals surface area contributed by atoms with Crippen LogP contribution in [-0.4, -0.2) is 28.3 Å². The van der Waals surface area contributed by atoms with Crippen molar-refractivity contribution in [1.82, 2.24) is 4.57 Å². The summed E-state index contributed by atoms with van der Waals surface area (Å²) in [5.41, 5.74) is 2.34. The maximum atomic E-state index is 12.8. The van der Waals surface area contributed by atoms with Crippen molar-refractivity contribution >= 4 is 34.0 Å². The number of fused-ring (bicyclic) bond motifs is 1. The fraction of sp³-hybridized carbons (Fsp3) is 0.450. The van der Waals surface area contributed by atoms with Crippen molar-refractivity contribution in [2.24, 2.45) is 7.05 Å². The number of ether oxygens (including phenoxy) is 1. The Labute approximate surface area is 162 Å². The van der Waals surface area contributed by atoms with Crippen LogP contribution in [0.2, 0.25) is 0 Å². The van der Waals surface area contributed by atoms with Gasteiger partial charge in [0.1, 0.15) is 10.7 Å². The van der Waals surface area contributed by atoms with Gasteiger partial charge < -0.3 is 14.6 Å². The van der Waals surface area contributed by atoms with E-state index in [0.717, 1.165) is 36.1 Å². The summed E-state index contributed by atoms with van der Waals surface area (Å²) in [7, 11) is 1.72. The topological polar surface area (TPSA) is 77.4 Å². The number of aromatic nitrogens is 1. The number of ketones is 1. The van der Waals surface area contributed by atoms with E-state index < -0.39 is 5.97 Å². The molecule has 2 aromatic heterocycles. The van der Waals surface area contributed by atoms with Gasteiger partial charge in [-0.1, -0.05) is 0 Å². The molecule has 1 aliphatic carbocycles. The van der Waals surface area contributed by atoms with Gasteiger partial charge in [-0.3, -0.25) is 9.59 Å². The standard InChI is InChI=1S/C20H24N2O4S/c1-11(2)26-20(25)17-14-7-5-6-8-16(14)27-19(17)21-18(24)15-9-13(12(3)23)10-22(15)4/h9-11H,5-8H2,1-4H3,(H,21,24). The maximum absolute atomic E-state index is 12.8. The number of anilines is 1. The number of Topliss-reactive ketones (excluding diaryl/α,β-unsaturated/α-hetero) is 1. The predicted molar refractivity (Wildman–Crippen MR) is 105 cm³/mol. The summed E-state index contributed by atoms with van der Waals surface area (Å²) in [6.07, 6.45) is 5.24. The van der Waals surface area contributed by atoms with Crippen molar-refractivity contribution in [3.8, 4) is 0 Å². The summed E-state index contributed by atoms with van der Waals surface area (Å²) < 4.78 is 7.03. The van der Waals surface area contributed by atoms with Gasteiger partial charge in [0.05, 0.1) is 11.7 Å². The molecule has 2 heterocycles. The number of amides is 1. The van der Waals surface area contributed by atoms with Gasteiger partial charge in [0, 0.05) is 23.7 Å². The second-order valence-corrected chi connectivity index (χ2v) is 8.21. The van der Waals surface area contributed by atoms with E-state index in [1.807, 2.05) is 13.8 Å². The first kappa shape index (κ1) is 19.4. The van der Waals surface area contributed by atoms with Crippen LogP contribution in [0.25, 0.3) is 0 Å². The van der Waals surface area contributed by atoms with Crippen molar-refractivity contribution in [2.45, 2.75) is 52.6 Å². The lowest BCUT2D eigenvalue weighted by atomic mass is 9.95. The summed E-state index contributed by atoms with van der Waals surface area (Å²) in [5.74, 6) is -0.837. The SMILES string of the molecule is CC(=O)c1cc(C(=O)Nc2sc3c(c2C(=O)OC(C)C)CCCC3)n(C)c1. The van der Waals surface area contributed by atoms with Crippen LogP contribution in [0.15, 0.2) is 12.3 Å². The molecule has 0 bridgehead atoms. The molecule has 0 aliphatic heterocycles. The molecule has 1 aliphatic rings. The zero-order chi connectivity index (χ0) is 19.7. The van der Waals surface area contributed by atoms with Gasteiger partial charge in [0.25, 0.3) is 5.91 Å². The van der Waals surface area contributed by atoms with Crippen LogP contribution in [0.3, 0.4) is 0 Å². The Hall–Kier alpha value is -2.41. The highest BCUT2D eigenvalue weighted by Gasteiger charge is 2.28. The predicted octanol–water partition coefficient (Wildman–Crippen LogP) is 3.99. The highest BCUT2D eigenvalue weighted by Crippen LogP contribution is 2.39. The smallest absolute Gasteiger partial charge is 0.341 e. The molecule has 3 rings (SSSR count). The number of hydrogen-bond donors (Lipinski definition) is 1. The van der Waals surface area contributed by atoms with Gasteiger partial charge >= 0.3 is 5.97 Å². The minimum Gasteiger partial charge on any atom is -0.459 e. The number of nitrogens with one attached hydrogen (secondary N) is 1. The third-order valence-corrected chi connectivity index (χ3v) is 5.80. The van der Waals surface area contributed by atoms with Gasteiger partial charge in [0.15, 0.2) is 5.78 Å². The van der Waals surface area contributed by atoms with Crippen molar-refractivity contribution in [1.29, 1.82) is 0 Å². The Kier molecular flexibility index (Phi) is 5.51. The number of nitrogens with zero attached hydrogens (tertiary/aromatic N) is 1. The van der Waals surface area contributed by atoms with Crippen LogP contribution >= 0.6 is 11.3 Å². The number of carbonyl (C=O) groups excluding carboxylic acids is 3. The molecule has 0 atom stereocenters. The van der Waals surface area contributed by atoms with Crippen molar-refractivity contribution in [3.63, 3.8) is 0 Å². The quantitative estimate of drug-likeness (QED) is 0.621. The Morgan fingerprint density at radius 1 is 1.22 bits per heavy atom. The number of carbonyl (C=O) groups is 3. The van der Waals surface area contributed by atoms with Crippen LogP contribution in [0.4, 0.5) is 5.00 Å². The average molecular weight is 388 g/mol. The molecule has 0 unspecified atom stereocenters. The van der Waals surface area contributed by atoms with Crippen molar-refractivity contribution in [3.05, 3.63) is 39.5 Å². The zero-order valence-corrected chi connectivity index (χ0v) is 16.9. The Morgan fingerprint density at radius 3 is 2.56 bits per heavy atom. The maximum Gasteiger partial charge on any atom is 0.341 e. The lowest BCUT2D eigenvalue weighted by Gasteiger charge is -2.14. The number of aryl methyl sites for hydroxylation is 2. The molecule has 0 aromatic carbocycles. The molecular formula is C20H24N2O4S. The third-order valence-electron chi connectivity index (χ3n) is 4.59. The zero-order valence-electron chi connectivity index (χ0n) is 16.0. The molecule has 0 fully saturated rings. The van der Waals surface area contributed by atoms with Gasteiger partial charge in [0.2, 0.25) is 0 Å². The summed E-state index contributed by atoms with van der Waals surface area (Å²) in [6, 6.07) is 1.57. The highest BCUT2D eigenvalue weighted by molar-refractivity contribution is 7.17. The molecule has 0 saturated heterocycles. The van der Waals surface area contributed by atoms with Crippen LogP contribution < -0.4 is 5.32 Å². The molecule has 144 valence electrons. The number of thiophene rings is 1. The third kappa shape index (κ3) is 3.98. The molecule has 7 heteroatoms. The van der Waals surface area contributed by atoms with E-state index >= 15 is 0 Å². The first-order valence-electron chi connectivity index (χ1n) is 9.12. The van der Waals surface area contributed by atoms with E-state index in [4.69, 9.17) is 4.74 Å². The monoisotopic (exact) mass is 388 g/mol. The molecule has 6 nitrogen and oxygen atoms in total. The first-order valence-corrected chi connectivity index (χ1v) is 9.93. The number of hydrogen-bond acceptors (Lipinski definition) is 5. The van der Waals surface area contributed by atoms with E-state index in [1.54, 1.807) is 23.9 Å². The molecule has 1 amide bonds. The molecule has 2 aromatic rings. The van der Waals surface area contributed by atoms with E-state index in [-0.39, 0.29) is 17.8 Å². The molecule has 1 N–H and O–H groups in total. The molecule has 0 radical (unpaired) electrons. The summed E-state index contributed by atoms with van der Waals surface area (Å²) >= 11 is 1.45. The van der Waals surface area contributed by atoms with Gasteiger partial charge in [-0.05, 0) is 58.1 Å². The van der Waals surface area contributed by atoms with Crippen LogP contribution in [0.5, 0.6) is 0 Å². The van der Waals surface area contributed by atoms with Crippen LogP contribution in [-0.2, 0) is 24.6 Å². The second kappa shape index (κ2) is 7.68. The van der Waals surface area contributed by atoms with E-state index in [0.29, 0.717) is 21.8 Å². The average Bonchev–Trinajstić information content (AvgIpc) is 3.14. The Morgan fingerprint density at radius 2 is 1.93 bits per heavy atom. The molecule has 27 heavy (non-hydrogen) atoms. The fourth-order valence-electron chi connectivity index (χ4n) is 3.29. The van der Waals surface area contributed by atoms with Gasteiger partial charge in [-0.25, -0.2) is 4.79 Å². The first-order chi connectivity index (χ1) is 12.8. The Bertz CT molecular complexity index is 907. The summed E-state index contributed by atoms with van der Waals surface area (Å²) in [5, 5.41) is 3.41. The fourth-order valence-corrected chi connectivity index (χ4v) is 4.57. The minimum absolute atomic E-state index is 0.0996. The van der Waals surface area contributed by atoms with Crippen LogP contribution in [0, 0.1) is 0 Å². The largest absolute Gasteiger partial charge is 0.459 e. The van der Waals surface area contributed by atoms with Crippen molar-refractivity contribution < 1.29 is 19.1 Å². The van der Waals surface area contributed by atoms with Gasteiger partial charge in [-0.15, -0.1) is 11.3 Å². The lowest BCUT2D eigenvalue weighted by molar-refractivity contribution is 0.0378. The van der Waals surface area contributed by atoms with Gasteiger partial charge in [-0.2, -0.15) is 0 Å². The summed E-state index contributed by atoms with van der Waals surface area (Å²) in [4.78, 5) is 38.2. The minimum atomic E-state index is -0.393. The number of esters is 1. The van der Waals surface area contributed by atoms with E-state index in [2.05, 4.69) is 5.32 Å². The molecule has 0 spiro atoms. The highest BCUT2D eigenvalue weighted by atomic mass is 32.1. The molecule has 0 saturated carbocycles. The van der Waals surface area contributed by atoms with E-state index in [1.165, 1.54) is 18.3 Å². The summed E-state index contributed by atoms with van der Waals surface area (Å²) in [6.45, 7) is 5.08. The Balaban J connectivity index is 1.94. The number of rotatable bonds is 5. The van der Waals surface area contributed by atoms with E-state index in [9.17, 15) is 14.4 Å². The second-order valence-electron chi connectivity index (χ2n) is 7.10.